The Bertz CT molecular complexity index is 1030. The van der Waals surface area contributed by atoms with Crippen molar-refractivity contribution >= 4 is 23.6 Å². The van der Waals surface area contributed by atoms with Gasteiger partial charge < -0.3 is 15.4 Å². The third-order valence-corrected chi connectivity index (χ3v) is 6.92. The second kappa shape index (κ2) is 10.9. The zero-order valence-corrected chi connectivity index (χ0v) is 20.8. The molecule has 2 unspecified atom stereocenters. The summed E-state index contributed by atoms with van der Waals surface area (Å²) >= 11 is -0.181. The number of nitrogens with one attached hydrogen (secondary N) is 3. The lowest BCUT2D eigenvalue weighted by molar-refractivity contribution is -0.133. The fourth-order valence-corrected chi connectivity index (χ4v) is 4.59. The second-order valence-corrected chi connectivity index (χ2v) is 10.1. The summed E-state index contributed by atoms with van der Waals surface area (Å²) in [6.07, 6.45) is 0.0298. The van der Waals surface area contributed by atoms with Crippen molar-refractivity contribution in [3.05, 3.63) is 59.7 Å². The second-order valence-electron chi connectivity index (χ2n) is 8.96. The highest BCUT2D eigenvalue weighted by molar-refractivity contribution is 8.00. The number of amides is 2. The number of hydrogen-bond donors (Lipinski definition) is 3. The summed E-state index contributed by atoms with van der Waals surface area (Å²) in [7, 11) is 1.59. The van der Waals surface area contributed by atoms with E-state index in [0.717, 1.165) is 11.3 Å². The number of ether oxygens (including phenoxy) is 1. The van der Waals surface area contributed by atoms with Gasteiger partial charge in [0.1, 0.15) is 5.75 Å². The van der Waals surface area contributed by atoms with Gasteiger partial charge in [0.2, 0.25) is 11.8 Å². The van der Waals surface area contributed by atoms with Crippen LogP contribution in [-0.2, 0) is 15.0 Å². The fraction of sp³-hybridized carbons (Fsp3) is 0.440. The van der Waals surface area contributed by atoms with Crippen LogP contribution in [0.25, 0.3) is 0 Å². The van der Waals surface area contributed by atoms with E-state index in [9.17, 15) is 22.8 Å². The number of halogens is 3. The number of carbonyl (C=O) groups is 2. The molecule has 3 rings (SSSR count). The average Bonchev–Trinajstić information content (AvgIpc) is 2.81. The summed E-state index contributed by atoms with van der Waals surface area (Å²) in [5.41, 5.74) is -3.23. The summed E-state index contributed by atoms with van der Waals surface area (Å²) in [6.45, 7) is 5.82. The van der Waals surface area contributed by atoms with Crippen molar-refractivity contribution in [1.29, 1.82) is 0 Å². The molecule has 1 aliphatic rings. The largest absolute Gasteiger partial charge is 0.497 e. The summed E-state index contributed by atoms with van der Waals surface area (Å²) < 4.78 is 43.0. The molecule has 2 amide bonds. The predicted octanol–water partition coefficient (Wildman–Crippen LogP) is 4.66. The van der Waals surface area contributed by atoms with E-state index in [1.165, 1.54) is 12.1 Å². The van der Waals surface area contributed by atoms with Gasteiger partial charge in [-0.05, 0) is 53.6 Å². The Morgan fingerprint density at radius 2 is 1.77 bits per heavy atom. The maximum Gasteiger partial charge on any atom is 0.446 e. The minimum atomic E-state index is -4.36. The third kappa shape index (κ3) is 6.91. The van der Waals surface area contributed by atoms with Crippen molar-refractivity contribution < 1.29 is 27.5 Å². The number of alkyl halides is 3. The van der Waals surface area contributed by atoms with Crippen LogP contribution in [0.1, 0.15) is 50.8 Å². The van der Waals surface area contributed by atoms with Gasteiger partial charge in [-0.1, -0.05) is 45.0 Å². The molecule has 35 heavy (non-hydrogen) atoms. The summed E-state index contributed by atoms with van der Waals surface area (Å²) in [6, 6.07) is 12.3. The number of benzene rings is 2. The first-order valence-electron chi connectivity index (χ1n) is 11.3. The Morgan fingerprint density at radius 1 is 1.14 bits per heavy atom. The van der Waals surface area contributed by atoms with Crippen LogP contribution >= 0.6 is 11.8 Å². The molecule has 3 atom stereocenters. The standard InChI is InChI=1S/C25H30F3N3O3S/c1-5-19(15-6-12-18(13-7-15)35-25(26,27)28)29-22(33)20-14-21(32)31-23(30-20)24(2,3)16-8-10-17(34-4)11-9-16/h6-13,19-20,23,30H,5,14H2,1-4H3,(H,29,33)(H,31,32)/t19-,20?,23?/m1/s1. The smallest absolute Gasteiger partial charge is 0.446 e. The number of rotatable bonds is 8. The van der Waals surface area contributed by atoms with E-state index in [1.807, 2.05) is 45.0 Å². The highest BCUT2D eigenvalue weighted by Gasteiger charge is 2.40. The Balaban J connectivity index is 1.70. The molecular weight excluding hydrogens is 479 g/mol. The Labute approximate surface area is 207 Å². The van der Waals surface area contributed by atoms with Gasteiger partial charge in [-0.3, -0.25) is 14.9 Å². The Morgan fingerprint density at radius 3 is 2.31 bits per heavy atom. The predicted molar refractivity (Wildman–Crippen MR) is 129 cm³/mol. The topological polar surface area (TPSA) is 79.5 Å². The molecule has 0 aliphatic carbocycles. The Kier molecular flexibility index (Phi) is 8.38. The van der Waals surface area contributed by atoms with Crippen LogP contribution in [-0.4, -0.2) is 36.6 Å². The van der Waals surface area contributed by atoms with E-state index in [1.54, 1.807) is 19.2 Å². The van der Waals surface area contributed by atoms with Gasteiger partial charge in [0.25, 0.3) is 0 Å². The molecule has 190 valence electrons. The summed E-state index contributed by atoms with van der Waals surface area (Å²) in [5, 5.41) is 9.14. The molecule has 10 heteroatoms. The van der Waals surface area contributed by atoms with Crippen LogP contribution in [0.15, 0.2) is 53.4 Å². The first kappa shape index (κ1) is 26.9. The zero-order valence-electron chi connectivity index (χ0n) is 20.0. The van der Waals surface area contributed by atoms with E-state index in [0.29, 0.717) is 12.0 Å². The maximum absolute atomic E-state index is 13.1. The van der Waals surface area contributed by atoms with Gasteiger partial charge in [-0.15, -0.1) is 0 Å². The van der Waals surface area contributed by atoms with Gasteiger partial charge in [-0.2, -0.15) is 13.2 Å². The molecule has 0 bridgehead atoms. The first-order valence-corrected chi connectivity index (χ1v) is 12.1. The van der Waals surface area contributed by atoms with Crippen molar-refractivity contribution in [2.24, 2.45) is 0 Å². The average molecular weight is 510 g/mol. The number of methoxy groups -OCH3 is 1. The normalized spacial score (nSPS) is 19.6. The van der Waals surface area contributed by atoms with Crippen LogP contribution in [0.4, 0.5) is 13.2 Å². The molecule has 1 fully saturated rings. The molecule has 2 aromatic rings. The van der Waals surface area contributed by atoms with Crippen LogP contribution in [0.2, 0.25) is 0 Å². The van der Waals surface area contributed by atoms with Crippen LogP contribution in [0, 0.1) is 0 Å². The Hall–Kier alpha value is -2.72. The summed E-state index contributed by atoms with van der Waals surface area (Å²) in [5.74, 6) is 0.145. The molecule has 1 aliphatic heterocycles. The zero-order chi connectivity index (χ0) is 25.8. The van der Waals surface area contributed by atoms with Crippen LogP contribution in [0.5, 0.6) is 5.75 Å². The highest BCUT2D eigenvalue weighted by atomic mass is 32.2. The van der Waals surface area contributed by atoms with Gasteiger partial charge in [-0.25, -0.2) is 0 Å². The molecule has 0 saturated carbocycles. The minimum absolute atomic E-state index is 0.0153. The number of hydrogen-bond acceptors (Lipinski definition) is 5. The van der Waals surface area contributed by atoms with Crippen molar-refractivity contribution in [2.75, 3.05) is 7.11 Å². The lowest BCUT2D eigenvalue weighted by Crippen LogP contribution is -2.66. The SMILES string of the molecule is CC[C@@H](NC(=O)C1CC(=O)NC(C(C)(C)c2ccc(OC)cc2)N1)c1ccc(SC(F)(F)F)cc1. The van der Waals surface area contributed by atoms with E-state index in [-0.39, 0.29) is 34.9 Å². The molecule has 0 aromatic heterocycles. The van der Waals surface area contributed by atoms with Crippen molar-refractivity contribution in [2.45, 2.75) is 67.7 Å². The minimum Gasteiger partial charge on any atom is -0.497 e. The molecule has 0 spiro atoms. The van der Waals surface area contributed by atoms with Crippen LogP contribution < -0.4 is 20.7 Å². The molecular formula is C25H30F3N3O3S. The molecule has 6 nitrogen and oxygen atoms in total. The van der Waals surface area contributed by atoms with Gasteiger partial charge >= 0.3 is 5.51 Å². The first-order chi connectivity index (χ1) is 16.4. The van der Waals surface area contributed by atoms with E-state index >= 15 is 0 Å². The molecule has 2 aromatic carbocycles. The fourth-order valence-electron chi connectivity index (χ4n) is 4.05. The van der Waals surface area contributed by atoms with E-state index < -0.39 is 29.2 Å². The van der Waals surface area contributed by atoms with Crippen molar-refractivity contribution in [3.63, 3.8) is 0 Å². The summed E-state index contributed by atoms with van der Waals surface area (Å²) in [4.78, 5) is 25.7. The van der Waals surface area contributed by atoms with Gasteiger partial charge in [0, 0.05) is 10.3 Å². The van der Waals surface area contributed by atoms with Gasteiger partial charge in [0.05, 0.1) is 31.8 Å². The van der Waals surface area contributed by atoms with E-state index in [2.05, 4.69) is 16.0 Å². The number of thioether (sulfide) groups is 1. The molecule has 0 radical (unpaired) electrons. The lowest BCUT2D eigenvalue weighted by atomic mass is 9.80. The highest BCUT2D eigenvalue weighted by Crippen LogP contribution is 2.37. The van der Waals surface area contributed by atoms with E-state index in [4.69, 9.17) is 4.74 Å². The van der Waals surface area contributed by atoms with Crippen LogP contribution in [0.3, 0.4) is 0 Å². The molecule has 1 heterocycles. The molecule has 1 saturated heterocycles. The number of carbonyl (C=O) groups excluding carboxylic acids is 2. The van der Waals surface area contributed by atoms with Gasteiger partial charge in [0.15, 0.2) is 0 Å². The molecule has 3 N–H and O–H groups in total. The van der Waals surface area contributed by atoms with Crippen molar-refractivity contribution in [3.8, 4) is 5.75 Å². The quantitative estimate of drug-likeness (QED) is 0.452. The third-order valence-electron chi connectivity index (χ3n) is 6.18. The monoisotopic (exact) mass is 509 g/mol. The lowest BCUT2D eigenvalue weighted by Gasteiger charge is -2.41. The van der Waals surface area contributed by atoms with Crippen molar-refractivity contribution in [1.82, 2.24) is 16.0 Å². The maximum atomic E-state index is 13.1.